The third kappa shape index (κ3) is 3.68. The third-order valence-electron chi connectivity index (χ3n) is 3.83. The quantitative estimate of drug-likeness (QED) is 0.929. The van der Waals surface area contributed by atoms with E-state index in [1.54, 1.807) is 42.3 Å². The van der Waals surface area contributed by atoms with Gasteiger partial charge >= 0.3 is 0 Å². The second kappa shape index (κ2) is 6.93. The van der Waals surface area contributed by atoms with E-state index in [9.17, 15) is 9.59 Å². The van der Waals surface area contributed by atoms with E-state index >= 15 is 0 Å². The molecule has 0 unspecified atom stereocenters. The topological polar surface area (TPSA) is 58.6 Å². The molecule has 0 spiro atoms. The number of rotatable bonds is 3. The van der Waals surface area contributed by atoms with Gasteiger partial charge in [-0.3, -0.25) is 9.59 Å². The lowest BCUT2D eigenvalue weighted by Crippen LogP contribution is -2.25. The molecule has 2 aromatic carbocycles. The number of nitrogens with zero attached hydrogens (tertiary/aromatic N) is 1. The van der Waals surface area contributed by atoms with Gasteiger partial charge in [0.15, 0.2) is 0 Å². The third-order valence-corrected chi connectivity index (χ3v) is 4.08. The van der Waals surface area contributed by atoms with Gasteiger partial charge < -0.3 is 15.0 Å². The lowest BCUT2D eigenvalue weighted by Gasteiger charge is -2.17. The van der Waals surface area contributed by atoms with Crippen LogP contribution in [0.5, 0.6) is 5.75 Å². The number of amides is 2. The van der Waals surface area contributed by atoms with Crippen molar-refractivity contribution in [1.29, 1.82) is 0 Å². The zero-order valence-corrected chi connectivity index (χ0v) is 14.0. The summed E-state index contributed by atoms with van der Waals surface area (Å²) < 4.78 is 5.57. The second-order valence-electron chi connectivity index (χ2n) is 5.59. The zero-order chi connectivity index (χ0) is 17.1. The van der Waals surface area contributed by atoms with Gasteiger partial charge in [-0.15, -0.1) is 0 Å². The summed E-state index contributed by atoms with van der Waals surface area (Å²) >= 11 is 5.84. The van der Waals surface area contributed by atoms with Crippen LogP contribution in [0.4, 0.5) is 11.4 Å². The maximum Gasteiger partial charge on any atom is 0.230 e. The zero-order valence-electron chi connectivity index (χ0n) is 13.2. The fourth-order valence-electron chi connectivity index (χ4n) is 2.52. The van der Waals surface area contributed by atoms with Crippen LogP contribution in [0.3, 0.4) is 0 Å². The molecule has 124 valence electrons. The molecule has 2 aromatic rings. The lowest BCUT2D eigenvalue weighted by molar-refractivity contribution is -0.118. The summed E-state index contributed by atoms with van der Waals surface area (Å²) in [5.74, 6) is 0.484. The number of hydrogen-bond donors (Lipinski definition) is 1. The maximum atomic E-state index is 12.2. The monoisotopic (exact) mass is 344 g/mol. The van der Waals surface area contributed by atoms with E-state index in [1.807, 2.05) is 12.1 Å². The Bertz CT molecular complexity index is 774. The van der Waals surface area contributed by atoms with E-state index in [0.29, 0.717) is 35.2 Å². The molecule has 1 aliphatic heterocycles. The average Bonchev–Trinajstić information content (AvgIpc) is 2.70. The molecule has 0 fully saturated rings. The number of hydrogen-bond acceptors (Lipinski definition) is 3. The minimum Gasteiger partial charge on any atom is -0.491 e. The van der Waals surface area contributed by atoms with Gasteiger partial charge in [-0.2, -0.15) is 0 Å². The van der Waals surface area contributed by atoms with E-state index in [2.05, 4.69) is 5.32 Å². The molecular weight excluding hydrogens is 328 g/mol. The van der Waals surface area contributed by atoms with Crippen molar-refractivity contribution >= 4 is 34.8 Å². The van der Waals surface area contributed by atoms with Crippen LogP contribution in [0.1, 0.15) is 12.0 Å². The molecule has 24 heavy (non-hydrogen) atoms. The standard InChI is InChI=1S/C18H17ClN2O3/c1-21-15-11-14(6-7-16(15)24-9-8-18(21)23)20-17(22)10-12-2-4-13(19)5-3-12/h2-7,11H,8-10H2,1H3,(H,20,22). The van der Waals surface area contributed by atoms with Crippen molar-refractivity contribution in [2.45, 2.75) is 12.8 Å². The number of fused-ring (bicyclic) bond motifs is 1. The van der Waals surface area contributed by atoms with Crippen molar-refractivity contribution in [2.24, 2.45) is 0 Å². The van der Waals surface area contributed by atoms with Gasteiger partial charge in [0.2, 0.25) is 11.8 Å². The summed E-state index contributed by atoms with van der Waals surface area (Å²) in [6, 6.07) is 12.4. The molecule has 3 rings (SSSR count). The van der Waals surface area contributed by atoms with Crippen molar-refractivity contribution < 1.29 is 14.3 Å². The number of benzene rings is 2. The van der Waals surface area contributed by atoms with Crippen LogP contribution in [0.2, 0.25) is 5.02 Å². The van der Waals surface area contributed by atoms with Crippen molar-refractivity contribution in [1.82, 2.24) is 0 Å². The summed E-state index contributed by atoms with van der Waals surface area (Å²) in [7, 11) is 1.70. The molecule has 0 bridgehead atoms. The fourth-order valence-corrected chi connectivity index (χ4v) is 2.65. The summed E-state index contributed by atoms with van der Waals surface area (Å²) in [6.45, 7) is 0.360. The highest BCUT2D eigenvalue weighted by Crippen LogP contribution is 2.33. The van der Waals surface area contributed by atoms with Gasteiger partial charge in [-0.1, -0.05) is 23.7 Å². The Kier molecular flexibility index (Phi) is 4.71. The highest BCUT2D eigenvalue weighted by molar-refractivity contribution is 6.30. The molecule has 1 aliphatic rings. The van der Waals surface area contributed by atoms with Crippen LogP contribution < -0.4 is 15.0 Å². The predicted octanol–water partition coefficient (Wildman–Crippen LogP) is 3.27. The molecule has 0 saturated heterocycles. The van der Waals surface area contributed by atoms with E-state index in [4.69, 9.17) is 16.3 Å². The molecule has 2 amide bonds. The van der Waals surface area contributed by atoms with E-state index < -0.39 is 0 Å². The Hall–Kier alpha value is -2.53. The van der Waals surface area contributed by atoms with Gasteiger partial charge in [-0.05, 0) is 35.9 Å². The Labute approximate surface area is 145 Å². The van der Waals surface area contributed by atoms with Crippen molar-refractivity contribution in [2.75, 3.05) is 23.9 Å². The second-order valence-corrected chi connectivity index (χ2v) is 6.02. The van der Waals surface area contributed by atoms with Crippen molar-refractivity contribution in [3.05, 3.63) is 53.1 Å². The number of halogens is 1. The van der Waals surface area contributed by atoms with Gasteiger partial charge in [0.1, 0.15) is 5.75 Å². The molecule has 0 saturated carbocycles. The number of carbonyl (C=O) groups excluding carboxylic acids is 2. The van der Waals surface area contributed by atoms with Crippen LogP contribution in [0, 0.1) is 0 Å². The van der Waals surface area contributed by atoms with Gasteiger partial charge in [0.05, 0.1) is 25.1 Å². The molecular formula is C18H17ClN2O3. The van der Waals surface area contributed by atoms with Gasteiger partial charge in [0, 0.05) is 17.8 Å². The highest BCUT2D eigenvalue weighted by atomic mass is 35.5. The van der Waals surface area contributed by atoms with Crippen molar-refractivity contribution in [3.63, 3.8) is 0 Å². The largest absolute Gasteiger partial charge is 0.491 e. The van der Waals surface area contributed by atoms with Crippen LogP contribution in [-0.2, 0) is 16.0 Å². The normalized spacial score (nSPS) is 13.8. The first-order valence-corrected chi connectivity index (χ1v) is 7.98. The van der Waals surface area contributed by atoms with E-state index in [-0.39, 0.29) is 18.2 Å². The van der Waals surface area contributed by atoms with E-state index in [1.165, 1.54) is 0 Å². The fraction of sp³-hybridized carbons (Fsp3) is 0.222. The number of nitrogens with one attached hydrogen (secondary N) is 1. The first-order valence-electron chi connectivity index (χ1n) is 7.60. The Morgan fingerprint density at radius 2 is 2.00 bits per heavy atom. The number of ether oxygens (including phenoxy) is 1. The molecule has 1 N–H and O–H groups in total. The van der Waals surface area contributed by atoms with E-state index in [0.717, 1.165) is 5.56 Å². The predicted molar refractivity (Wildman–Crippen MR) is 93.7 cm³/mol. The summed E-state index contributed by atoms with van der Waals surface area (Å²) in [4.78, 5) is 25.7. The number of anilines is 2. The molecule has 0 radical (unpaired) electrons. The number of carbonyl (C=O) groups is 2. The maximum absolute atomic E-state index is 12.2. The summed E-state index contributed by atoms with van der Waals surface area (Å²) in [5, 5.41) is 3.48. The highest BCUT2D eigenvalue weighted by Gasteiger charge is 2.20. The molecule has 0 atom stereocenters. The van der Waals surface area contributed by atoms with Crippen LogP contribution in [0.25, 0.3) is 0 Å². The Morgan fingerprint density at radius 3 is 2.75 bits per heavy atom. The minimum atomic E-state index is -0.138. The Balaban J connectivity index is 1.73. The smallest absolute Gasteiger partial charge is 0.230 e. The molecule has 6 heteroatoms. The minimum absolute atomic E-state index is 0.0154. The Morgan fingerprint density at radius 1 is 1.25 bits per heavy atom. The SMILES string of the molecule is CN1C(=O)CCOc2ccc(NC(=O)Cc3ccc(Cl)cc3)cc21. The molecule has 0 aromatic heterocycles. The van der Waals surface area contributed by atoms with Crippen molar-refractivity contribution in [3.8, 4) is 5.75 Å². The van der Waals surface area contributed by atoms with Crippen LogP contribution >= 0.6 is 11.6 Å². The molecule has 0 aliphatic carbocycles. The molecule has 1 heterocycles. The summed E-state index contributed by atoms with van der Waals surface area (Å²) in [5.41, 5.74) is 2.15. The first kappa shape index (κ1) is 16.3. The van der Waals surface area contributed by atoms with Crippen LogP contribution in [0.15, 0.2) is 42.5 Å². The molecule has 5 nitrogen and oxygen atoms in total. The first-order chi connectivity index (χ1) is 11.5. The van der Waals surface area contributed by atoms with Gasteiger partial charge in [0.25, 0.3) is 0 Å². The average molecular weight is 345 g/mol. The van der Waals surface area contributed by atoms with Gasteiger partial charge in [-0.25, -0.2) is 0 Å². The lowest BCUT2D eigenvalue weighted by atomic mass is 10.1. The van der Waals surface area contributed by atoms with Crippen LogP contribution in [-0.4, -0.2) is 25.5 Å². The summed E-state index contributed by atoms with van der Waals surface area (Å²) in [6.07, 6.45) is 0.586.